The maximum atomic E-state index is 9.69. The Labute approximate surface area is 128 Å². The minimum absolute atomic E-state index is 0.0664. The summed E-state index contributed by atoms with van der Waals surface area (Å²) in [5.41, 5.74) is 0.778. The molecule has 6 heteroatoms. The number of nitrogens with zero attached hydrogens (tertiary/aromatic N) is 3. The molecule has 2 heterocycles. The highest BCUT2D eigenvalue weighted by atomic mass is 16.5. The SMILES string of the molecule is [C-]#[N+]/C(C#N)=C\Cc1c[nH]c2ncc(OCC(C)(C)O)cc12. The minimum Gasteiger partial charge on any atom is -0.489 e. The van der Waals surface area contributed by atoms with Gasteiger partial charge in [-0.3, -0.25) is 0 Å². The van der Waals surface area contributed by atoms with Crippen LogP contribution in [-0.4, -0.2) is 27.3 Å². The lowest BCUT2D eigenvalue weighted by Crippen LogP contribution is -2.27. The molecule has 0 bridgehead atoms. The summed E-state index contributed by atoms with van der Waals surface area (Å²) in [6.45, 7) is 10.4. The molecule has 2 aromatic heterocycles. The third-order valence-electron chi connectivity index (χ3n) is 2.93. The van der Waals surface area contributed by atoms with Gasteiger partial charge in [-0.2, -0.15) is 0 Å². The third-order valence-corrected chi connectivity index (χ3v) is 2.93. The number of rotatable bonds is 5. The molecule has 2 aromatic rings. The van der Waals surface area contributed by atoms with Crippen molar-refractivity contribution in [1.29, 1.82) is 5.26 Å². The zero-order valence-electron chi connectivity index (χ0n) is 12.4. The fraction of sp³-hybridized carbons (Fsp3) is 0.312. The van der Waals surface area contributed by atoms with E-state index < -0.39 is 5.60 Å². The molecule has 0 aliphatic carbocycles. The summed E-state index contributed by atoms with van der Waals surface area (Å²) in [4.78, 5) is 10.4. The molecule has 0 spiro atoms. The number of aromatic amines is 1. The van der Waals surface area contributed by atoms with Crippen LogP contribution >= 0.6 is 0 Å². The molecule has 0 saturated carbocycles. The number of fused-ring (bicyclic) bond motifs is 1. The maximum Gasteiger partial charge on any atom is 0.258 e. The number of hydrogen-bond donors (Lipinski definition) is 2. The zero-order valence-corrected chi connectivity index (χ0v) is 12.4. The summed E-state index contributed by atoms with van der Waals surface area (Å²) in [6.07, 6.45) is 5.43. The van der Waals surface area contributed by atoms with Crippen LogP contribution in [0.15, 0.2) is 30.2 Å². The van der Waals surface area contributed by atoms with Gasteiger partial charge in [0, 0.05) is 11.6 Å². The summed E-state index contributed by atoms with van der Waals surface area (Å²) >= 11 is 0. The van der Waals surface area contributed by atoms with E-state index in [0.29, 0.717) is 17.8 Å². The Morgan fingerprint density at radius 3 is 3.05 bits per heavy atom. The van der Waals surface area contributed by atoms with Gasteiger partial charge in [0.15, 0.2) is 0 Å². The monoisotopic (exact) mass is 296 g/mol. The van der Waals surface area contributed by atoms with Gasteiger partial charge in [0.2, 0.25) is 0 Å². The number of ether oxygens (including phenoxy) is 1. The quantitative estimate of drug-likeness (QED) is 0.656. The summed E-state index contributed by atoms with van der Waals surface area (Å²) in [6, 6.07) is 3.67. The second-order valence-electron chi connectivity index (χ2n) is 5.50. The summed E-state index contributed by atoms with van der Waals surface area (Å²) in [5, 5.41) is 19.3. The first-order valence-corrected chi connectivity index (χ1v) is 6.72. The molecule has 0 radical (unpaired) electrons. The van der Waals surface area contributed by atoms with Crippen molar-refractivity contribution < 1.29 is 9.84 Å². The van der Waals surface area contributed by atoms with Crippen LogP contribution in [-0.2, 0) is 6.42 Å². The molecule has 2 N–H and O–H groups in total. The van der Waals surface area contributed by atoms with Gasteiger partial charge < -0.3 is 14.8 Å². The molecule has 112 valence electrons. The van der Waals surface area contributed by atoms with Crippen LogP contribution < -0.4 is 4.74 Å². The van der Waals surface area contributed by atoms with Crippen LogP contribution in [0.2, 0.25) is 0 Å². The van der Waals surface area contributed by atoms with E-state index in [0.717, 1.165) is 10.9 Å². The number of hydrogen-bond acceptors (Lipinski definition) is 4. The normalized spacial score (nSPS) is 12.0. The molecule has 0 amide bonds. The average Bonchev–Trinajstić information content (AvgIpc) is 2.88. The van der Waals surface area contributed by atoms with Gasteiger partial charge in [-0.1, -0.05) is 6.08 Å². The molecule has 2 rings (SSSR count). The highest BCUT2D eigenvalue weighted by Gasteiger charge is 2.14. The lowest BCUT2D eigenvalue weighted by molar-refractivity contribution is 0.0284. The number of H-pyrrole nitrogens is 1. The van der Waals surface area contributed by atoms with Crippen LogP contribution in [0, 0.1) is 17.9 Å². The Morgan fingerprint density at radius 1 is 1.64 bits per heavy atom. The van der Waals surface area contributed by atoms with Crippen molar-refractivity contribution in [1.82, 2.24) is 9.97 Å². The van der Waals surface area contributed by atoms with E-state index >= 15 is 0 Å². The van der Waals surface area contributed by atoms with Crippen molar-refractivity contribution in [3.8, 4) is 11.8 Å². The van der Waals surface area contributed by atoms with Crippen molar-refractivity contribution in [2.45, 2.75) is 25.9 Å². The third kappa shape index (κ3) is 3.85. The first-order valence-electron chi connectivity index (χ1n) is 6.72. The molecule has 0 aliphatic rings. The molecular weight excluding hydrogens is 280 g/mol. The zero-order chi connectivity index (χ0) is 16.2. The maximum absolute atomic E-state index is 9.69. The largest absolute Gasteiger partial charge is 0.489 e. The van der Waals surface area contributed by atoms with Gasteiger partial charge >= 0.3 is 0 Å². The first-order chi connectivity index (χ1) is 10.4. The summed E-state index contributed by atoms with van der Waals surface area (Å²) in [7, 11) is 0. The fourth-order valence-corrected chi connectivity index (χ4v) is 1.87. The molecule has 6 nitrogen and oxygen atoms in total. The second-order valence-corrected chi connectivity index (χ2v) is 5.50. The number of allylic oxidation sites excluding steroid dienone is 2. The topological polar surface area (TPSA) is 86.3 Å². The predicted molar refractivity (Wildman–Crippen MR) is 81.9 cm³/mol. The number of nitriles is 1. The van der Waals surface area contributed by atoms with E-state index in [9.17, 15) is 5.11 Å². The van der Waals surface area contributed by atoms with Crippen LogP contribution in [0.1, 0.15) is 19.4 Å². The lowest BCUT2D eigenvalue weighted by Gasteiger charge is -2.17. The average molecular weight is 296 g/mol. The van der Waals surface area contributed by atoms with Gasteiger partial charge in [0.05, 0.1) is 24.4 Å². The second kappa shape index (κ2) is 6.30. The Bertz CT molecular complexity index is 769. The van der Waals surface area contributed by atoms with E-state index in [1.54, 1.807) is 32.3 Å². The summed E-state index contributed by atoms with van der Waals surface area (Å²) < 4.78 is 5.53. The van der Waals surface area contributed by atoms with Crippen LogP contribution in [0.4, 0.5) is 0 Å². The molecule has 0 unspecified atom stereocenters. The number of nitrogens with one attached hydrogen (secondary N) is 1. The molecule has 0 fully saturated rings. The van der Waals surface area contributed by atoms with E-state index in [1.807, 2.05) is 12.1 Å². The van der Waals surface area contributed by atoms with Crippen molar-refractivity contribution in [2.75, 3.05) is 6.61 Å². The Kier molecular flexibility index (Phi) is 4.45. The number of aromatic nitrogens is 2. The molecule has 0 aliphatic heterocycles. The predicted octanol–water partition coefficient (Wildman–Crippen LogP) is 2.58. The molecule has 0 atom stereocenters. The van der Waals surface area contributed by atoms with E-state index in [4.69, 9.17) is 16.6 Å². The van der Waals surface area contributed by atoms with Crippen LogP contribution in [0.3, 0.4) is 0 Å². The van der Waals surface area contributed by atoms with Crippen molar-refractivity contribution in [2.24, 2.45) is 0 Å². The highest BCUT2D eigenvalue weighted by Crippen LogP contribution is 2.23. The molecule has 0 aromatic carbocycles. The highest BCUT2D eigenvalue weighted by molar-refractivity contribution is 5.81. The van der Waals surface area contributed by atoms with Gasteiger partial charge in [0.25, 0.3) is 5.70 Å². The lowest BCUT2D eigenvalue weighted by atomic mass is 10.1. The van der Waals surface area contributed by atoms with Gasteiger partial charge in [-0.25, -0.2) is 15.1 Å². The minimum atomic E-state index is -0.921. The Balaban J connectivity index is 2.24. The Hall–Kier alpha value is -2.83. The standard InChI is InChI=1S/C16H16N4O2/c1-16(2,21)10-22-13-6-14-11(4-5-12(7-17)18-3)8-19-15(14)20-9-13/h5-6,8-9,21H,4,10H2,1-2H3,(H,19,20)/b12-5-. The van der Waals surface area contributed by atoms with Crippen molar-refractivity contribution in [3.05, 3.63) is 47.2 Å². The van der Waals surface area contributed by atoms with E-state index in [2.05, 4.69) is 14.8 Å². The van der Waals surface area contributed by atoms with Gasteiger partial charge in [-0.05, 0) is 31.9 Å². The smallest absolute Gasteiger partial charge is 0.258 e. The Morgan fingerprint density at radius 2 is 2.41 bits per heavy atom. The molecule has 22 heavy (non-hydrogen) atoms. The van der Waals surface area contributed by atoms with E-state index in [1.165, 1.54) is 0 Å². The number of pyridine rings is 1. The van der Waals surface area contributed by atoms with E-state index in [-0.39, 0.29) is 12.3 Å². The van der Waals surface area contributed by atoms with Crippen LogP contribution in [0.25, 0.3) is 15.9 Å². The first kappa shape index (κ1) is 15.6. The van der Waals surface area contributed by atoms with Gasteiger partial charge in [-0.15, -0.1) is 0 Å². The fourth-order valence-electron chi connectivity index (χ4n) is 1.87. The summed E-state index contributed by atoms with van der Waals surface area (Å²) in [5.74, 6) is 0.560. The molecular formula is C16H16N4O2. The van der Waals surface area contributed by atoms with Gasteiger partial charge in [0.1, 0.15) is 18.0 Å². The van der Waals surface area contributed by atoms with Crippen molar-refractivity contribution in [3.63, 3.8) is 0 Å². The number of aliphatic hydroxyl groups is 1. The molecule has 0 saturated heterocycles. The van der Waals surface area contributed by atoms with Crippen LogP contribution in [0.5, 0.6) is 5.75 Å². The van der Waals surface area contributed by atoms with Crippen molar-refractivity contribution >= 4 is 11.0 Å².